The third kappa shape index (κ3) is 4.58. The first kappa shape index (κ1) is 23.2. The van der Waals surface area contributed by atoms with Crippen LogP contribution >= 0.6 is 27.3 Å². The molecule has 1 atom stereocenters. The van der Waals surface area contributed by atoms with E-state index in [-0.39, 0.29) is 12.2 Å². The molecule has 33 heavy (non-hydrogen) atoms. The van der Waals surface area contributed by atoms with Gasteiger partial charge in [-0.3, -0.25) is 9.36 Å². The number of nitrogens with zero attached hydrogens (tertiary/aromatic N) is 3. The fourth-order valence-electron chi connectivity index (χ4n) is 3.76. The van der Waals surface area contributed by atoms with Crippen LogP contribution in [0.25, 0.3) is 11.8 Å². The lowest BCUT2D eigenvalue weighted by Crippen LogP contribution is -2.35. The summed E-state index contributed by atoms with van der Waals surface area (Å²) in [5.74, 6) is -0.457. The van der Waals surface area contributed by atoms with E-state index in [2.05, 4.69) is 15.9 Å². The minimum absolute atomic E-state index is 0.195. The topological polar surface area (TPSA) is 63.9 Å². The van der Waals surface area contributed by atoms with Crippen LogP contribution in [0.15, 0.2) is 68.4 Å². The fraction of sp³-hybridized carbons (Fsp3) is 0.240. The Balaban J connectivity index is 1.91. The van der Waals surface area contributed by atoms with Crippen LogP contribution < -0.4 is 19.8 Å². The standard InChI is InChI=1S/C25H24BrN3O3S/c1-5-32-24(31)21-15(2)29-23(30)20(14-16-7-6-8-18(26)13-16)33-25(29)27-22(21)17-9-11-19(12-10-17)28(3)4/h6-14,22H,5H2,1-4H3/b20-14-/t22-/m0/s1. The van der Waals surface area contributed by atoms with Crippen LogP contribution in [-0.2, 0) is 9.53 Å². The number of benzene rings is 2. The normalized spacial score (nSPS) is 15.8. The summed E-state index contributed by atoms with van der Waals surface area (Å²) in [6.45, 7) is 3.79. The summed E-state index contributed by atoms with van der Waals surface area (Å²) < 4.78 is 8.35. The van der Waals surface area contributed by atoms with Crippen molar-refractivity contribution in [3.05, 3.63) is 89.4 Å². The van der Waals surface area contributed by atoms with Crippen molar-refractivity contribution < 1.29 is 9.53 Å². The number of halogens is 1. The van der Waals surface area contributed by atoms with Gasteiger partial charge in [0.05, 0.1) is 16.7 Å². The van der Waals surface area contributed by atoms with Crippen molar-refractivity contribution in [2.75, 3.05) is 25.6 Å². The van der Waals surface area contributed by atoms with Gasteiger partial charge in [0.2, 0.25) is 0 Å². The summed E-state index contributed by atoms with van der Waals surface area (Å²) in [6.07, 6.45) is 1.84. The molecular weight excluding hydrogens is 502 g/mol. The molecule has 1 aliphatic rings. The van der Waals surface area contributed by atoms with Crippen LogP contribution in [-0.4, -0.2) is 31.2 Å². The molecule has 2 aromatic carbocycles. The van der Waals surface area contributed by atoms with Crippen LogP contribution in [0.2, 0.25) is 0 Å². The second kappa shape index (κ2) is 9.49. The highest BCUT2D eigenvalue weighted by molar-refractivity contribution is 9.10. The Morgan fingerprint density at radius 2 is 1.97 bits per heavy atom. The van der Waals surface area contributed by atoms with Crippen molar-refractivity contribution in [1.29, 1.82) is 0 Å². The van der Waals surface area contributed by atoms with E-state index in [1.54, 1.807) is 13.8 Å². The number of ether oxygens (including phenoxy) is 1. The number of allylic oxidation sites excluding steroid dienone is 1. The largest absolute Gasteiger partial charge is 0.463 e. The molecule has 8 heteroatoms. The molecule has 4 rings (SSSR count). The van der Waals surface area contributed by atoms with Crippen LogP contribution in [0, 0.1) is 0 Å². The van der Waals surface area contributed by atoms with Crippen LogP contribution in [0.5, 0.6) is 0 Å². The quantitative estimate of drug-likeness (QED) is 0.476. The van der Waals surface area contributed by atoms with E-state index in [4.69, 9.17) is 9.73 Å². The molecule has 1 aromatic heterocycles. The molecule has 0 N–H and O–H groups in total. The van der Waals surface area contributed by atoms with Gasteiger partial charge in [0.1, 0.15) is 6.04 Å². The predicted molar refractivity (Wildman–Crippen MR) is 136 cm³/mol. The van der Waals surface area contributed by atoms with Gasteiger partial charge in [0, 0.05) is 30.0 Å². The zero-order chi connectivity index (χ0) is 23.7. The molecule has 1 aliphatic heterocycles. The number of aromatic nitrogens is 1. The molecular formula is C25H24BrN3O3S. The van der Waals surface area contributed by atoms with Gasteiger partial charge in [-0.1, -0.05) is 51.5 Å². The number of esters is 1. The lowest BCUT2D eigenvalue weighted by Gasteiger charge is -2.23. The van der Waals surface area contributed by atoms with Crippen molar-refractivity contribution in [2.24, 2.45) is 4.99 Å². The van der Waals surface area contributed by atoms with Gasteiger partial charge < -0.3 is 9.64 Å². The van der Waals surface area contributed by atoms with Gasteiger partial charge >= 0.3 is 5.97 Å². The fourth-order valence-corrected chi connectivity index (χ4v) is 5.22. The summed E-state index contributed by atoms with van der Waals surface area (Å²) in [5, 5.41) is 0. The molecule has 2 heterocycles. The van der Waals surface area contributed by atoms with E-state index >= 15 is 0 Å². The highest BCUT2D eigenvalue weighted by Gasteiger charge is 2.31. The molecule has 0 saturated carbocycles. The number of anilines is 1. The third-order valence-electron chi connectivity index (χ3n) is 5.41. The molecule has 0 fully saturated rings. The monoisotopic (exact) mass is 525 g/mol. The van der Waals surface area contributed by atoms with Crippen molar-refractivity contribution in [3.63, 3.8) is 0 Å². The number of carbonyl (C=O) groups excluding carboxylic acids is 1. The molecule has 0 spiro atoms. The van der Waals surface area contributed by atoms with Gasteiger partial charge in [-0.05, 0) is 55.3 Å². The maximum absolute atomic E-state index is 13.3. The summed E-state index contributed by atoms with van der Waals surface area (Å²) in [4.78, 5) is 33.7. The Bertz CT molecular complexity index is 1420. The first-order chi connectivity index (χ1) is 15.8. The number of rotatable bonds is 5. The SMILES string of the molecule is CCOC(=O)C1=C(C)n2c(s/c(=C\c3cccc(Br)c3)c2=O)=N[C@H]1c1ccc(N(C)C)cc1. The molecule has 0 bridgehead atoms. The Morgan fingerprint density at radius 3 is 2.61 bits per heavy atom. The minimum Gasteiger partial charge on any atom is -0.463 e. The highest BCUT2D eigenvalue weighted by Crippen LogP contribution is 2.33. The number of hydrogen-bond donors (Lipinski definition) is 0. The molecule has 0 amide bonds. The molecule has 170 valence electrons. The molecule has 0 aliphatic carbocycles. The number of thiazole rings is 1. The van der Waals surface area contributed by atoms with Gasteiger partial charge in [0.25, 0.3) is 5.56 Å². The van der Waals surface area contributed by atoms with E-state index < -0.39 is 12.0 Å². The van der Waals surface area contributed by atoms with E-state index in [9.17, 15) is 9.59 Å². The van der Waals surface area contributed by atoms with E-state index in [1.165, 1.54) is 15.9 Å². The Hall–Kier alpha value is -2.97. The molecule has 0 saturated heterocycles. The van der Waals surface area contributed by atoms with Crippen LogP contribution in [0.4, 0.5) is 5.69 Å². The number of fused-ring (bicyclic) bond motifs is 1. The predicted octanol–water partition coefficient (Wildman–Crippen LogP) is 3.74. The van der Waals surface area contributed by atoms with Gasteiger partial charge in [-0.25, -0.2) is 9.79 Å². The van der Waals surface area contributed by atoms with Gasteiger partial charge in [-0.15, -0.1) is 0 Å². The zero-order valence-electron chi connectivity index (χ0n) is 18.8. The number of hydrogen-bond acceptors (Lipinski definition) is 6. The van der Waals surface area contributed by atoms with E-state index in [1.807, 2.05) is 73.6 Å². The minimum atomic E-state index is -0.544. The first-order valence-corrected chi connectivity index (χ1v) is 12.1. The van der Waals surface area contributed by atoms with Crippen LogP contribution in [0.1, 0.15) is 31.0 Å². The van der Waals surface area contributed by atoms with Crippen molar-refractivity contribution in [2.45, 2.75) is 19.9 Å². The van der Waals surface area contributed by atoms with E-state index in [0.29, 0.717) is 20.6 Å². The second-order valence-corrected chi connectivity index (χ2v) is 9.75. The Morgan fingerprint density at radius 1 is 1.24 bits per heavy atom. The smallest absolute Gasteiger partial charge is 0.338 e. The average molecular weight is 526 g/mol. The summed E-state index contributed by atoms with van der Waals surface area (Å²) in [6, 6.07) is 15.1. The maximum atomic E-state index is 13.3. The Labute approximate surface area is 204 Å². The molecule has 3 aromatic rings. The third-order valence-corrected chi connectivity index (χ3v) is 6.89. The first-order valence-electron chi connectivity index (χ1n) is 10.5. The van der Waals surface area contributed by atoms with Crippen molar-refractivity contribution in [1.82, 2.24) is 4.57 Å². The summed E-state index contributed by atoms with van der Waals surface area (Å²) in [7, 11) is 3.95. The summed E-state index contributed by atoms with van der Waals surface area (Å²) >= 11 is 4.78. The summed E-state index contributed by atoms with van der Waals surface area (Å²) in [5.41, 5.74) is 3.56. The Kier molecular flexibility index (Phi) is 6.67. The lowest BCUT2D eigenvalue weighted by molar-refractivity contribution is -0.138. The molecule has 0 unspecified atom stereocenters. The van der Waals surface area contributed by atoms with Crippen LogP contribution in [0.3, 0.4) is 0 Å². The maximum Gasteiger partial charge on any atom is 0.338 e. The van der Waals surface area contributed by atoms with Crippen molar-refractivity contribution in [3.8, 4) is 0 Å². The molecule has 6 nitrogen and oxygen atoms in total. The average Bonchev–Trinajstić information content (AvgIpc) is 3.09. The van der Waals surface area contributed by atoms with Gasteiger partial charge in [0.15, 0.2) is 4.80 Å². The van der Waals surface area contributed by atoms with Crippen molar-refractivity contribution >= 4 is 50.7 Å². The number of carbonyl (C=O) groups is 1. The second-order valence-electron chi connectivity index (χ2n) is 7.83. The van der Waals surface area contributed by atoms with E-state index in [0.717, 1.165) is 21.3 Å². The molecule has 0 radical (unpaired) electrons. The lowest BCUT2D eigenvalue weighted by atomic mass is 9.96. The van der Waals surface area contributed by atoms with Gasteiger partial charge in [-0.2, -0.15) is 0 Å². The highest BCUT2D eigenvalue weighted by atomic mass is 79.9. The zero-order valence-corrected chi connectivity index (χ0v) is 21.2.